The van der Waals surface area contributed by atoms with Gasteiger partial charge in [0, 0.05) is 18.0 Å². The van der Waals surface area contributed by atoms with Gasteiger partial charge < -0.3 is 9.64 Å². The lowest BCUT2D eigenvalue weighted by atomic mass is 10.0. The highest BCUT2D eigenvalue weighted by atomic mass is 35.5. The Bertz CT molecular complexity index is 673. The number of carbonyl (C=O) groups excluding carboxylic acids is 1. The van der Waals surface area contributed by atoms with E-state index in [0.717, 1.165) is 0 Å². The maximum absolute atomic E-state index is 12.1. The van der Waals surface area contributed by atoms with Crippen LogP contribution >= 0.6 is 11.6 Å². The Kier molecular flexibility index (Phi) is 3.17. The number of benzene rings is 1. The van der Waals surface area contributed by atoms with Crippen LogP contribution in [0.1, 0.15) is 6.42 Å². The second-order valence-electron chi connectivity index (χ2n) is 5.19. The van der Waals surface area contributed by atoms with Gasteiger partial charge in [-0.3, -0.25) is 4.79 Å². The van der Waals surface area contributed by atoms with Crippen molar-refractivity contribution in [1.29, 1.82) is 0 Å². The average Bonchev–Trinajstić information content (AvgIpc) is 2.79. The molecule has 2 atom stereocenters. The van der Waals surface area contributed by atoms with E-state index in [1.54, 1.807) is 23.1 Å². The van der Waals surface area contributed by atoms with Crippen molar-refractivity contribution in [2.75, 3.05) is 23.5 Å². The van der Waals surface area contributed by atoms with Crippen molar-refractivity contribution in [1.82, 2.24) is 0 Å². The standard InChI is InChI=1S/C13H14ClNO4S/c1-19-12-3-2-9(5-10(12)14)15-11-7-20(17,18)6-8(11)4-13(15)16/h2-3,5,8,11H,4,6-7H2,1H3/t8-,11-/m0/s1. The third kappa shape index (κ3) is 2.16. The number of ether oxygens (including phenoxy) is 1. The Hall–Kier alpha value is -1.27. The van der Waals surface area contributed by atoms with Gasteiger partial charge in [-0.1, -0.05) is 11.6 Å². The number of carbonyl (C=O) groups is 1. The van der Waals surface area contributed by atoms with E-state index in [2.05, 4.69) is 0 Å². The minimum Gasteiger partial charge on any atom is -0.495 e. The highest BCUT2D eigenvalue weighted by Gasteiger charge is 2.49. The fourth-order valence-electron chi connectivity index (χ4n) is 3.03. The molecular weight excluding hydrogens is 302 g/mol. The first-order chi connectivity index (χ1) is 9.41. The van der Waals surface area contributed by atoms with Gasteiger partial charge in [0.1, 0.15) is 5.75 Å². The summed E-state index contributed by atoms with van der Waals surface area (Å²) in [7, 11) is -1.53. The average molecular weight is 316 g/mol. The van der Waals surface area contributed by atoms with Gasteiger partial charge in [0.2, 0.25) is 5.91 Å². The fraction of sp³-hybridized carbons (Fsp3) is 0.462. The summed E-state index contributed by atoms with van der Waals surface area (Å²) >= 11 is 6.07. The largest absolute Gasteiger partial charge is 0.495 e. The van der Waals surface area contributed by atoms with Gasteiger partial charge in [0.05, 0.1) is 29.7 Å². The van der Waals surface area contributed by atoms with Gasteiger partial charge in [0.15, 0.2) is 9.84 Å². The van der Waals surface area contributed by atoms with Crippen LogP contribution in [0.2, 0.25) is 5.02 Å². The molecule has 1 aromatic carbocycles. The van der Waals surface area contributed by atoms with Crippen LogP contribution in [0.3, 0.4) is 0 Å². The first-order valence-corrected chi connectivity index (χ1v) is 8.47. The lowest BCUT2D eigenvalue weighted by Gasteiger charge is -2.23. The first-order valence-electron chi connectivity index (χ1n) is 6.27. The van der Waals surface area contributed by atoms with Crippen LogP contribution in [0.5, 0.6) is 5.75 Å². The van der Waals surface area contributed by atoms with Gasteiger partial charge >= 0.3 is 0 Å². The molecule has 2 saturated heterocycles. The van der Waals surface area contributed by atoms with Gasteiger partial charge in [-0.25, -0.2) is 8.42 Å². The maximum Gasteiger partial charge on any atom is 0.227 e. The SMILES string of the molecule is COc1ccc(N2C(=O)C[C@H]3CS(=O)(=O)C[C@@H]32)cc1Cl. The third-order valence-corrected chi connectivity index (χ3v) is 5.97. The summed E-state index contributed by atoms with van der Waals surface area (Å²) < 4.78 is 28.5. The number of anilines is 1. The molecule has 1 aromatic rings. The molecule has 3 rings (SSSR count). The van der Waals surface area contributed by atoms with Crippen LogP contribution in [0.25, 0.3) is 0 Å². The second kappa shape index (κ2) is 4.63. The molecule has 20 heavy (non-hydrogen) atoms. The van der Waals surface area contributed by atoms with E-state index in [0.29, 0.717) is 16.5 Å². The van der Waals surface area contributed by atoms with Crippen LogP contribution in [-0.2, 0) is 14.6 Å². The smallest absolute Gasteiger partial charge is 0.227 e. The number of rotatable bonds is 2. The summed E-state index contributed by atoms with van der Waals surface area (Å²) in [6.45, 7) is 0. The lowest BCUT2D eigenvalue weighted by Crippen LogP contribution is -2.36. The predicted octanol–water partition coefficient (Wildman–Crippen LogP) is 1.50. The highest BCUT2D eigenvalue weighted by Crippen LogP contribution is 2.39. The number of fused-ring (bicyclic) bond motifs is 1. The van der Waals surface area contributed by atoms with Crippen LogP contribution < -0.4 is 9.64 Å². The van der Waals surface area contributed by atoms with Crippen molar-refractivity contribution in [3.8, 4) is 5.75 Å². The van der Waals surface area contributed by atoms with Crippen molar-refractivity contribution < 1.29 is 17.9 Å². The van der Waals surface area contributed by atoms with E-state index in [4.69, 9.17) is 16.3 Å². The van der Waals surface area contributed by atoms with E-state index in [1.807, 2.05) is 0 Å². The molecule has 0 N–H and O–H groups in total. The van der Waals surface area contributed by atoms with Crippen molar-refractivity contribution >= 4 is 33.0 Å². The Morgan fingerprint density at radius 3 is 2.75 bits per heavy atom. The van der Waals surface area contributed by atoms with Crippen LogP contribution in [0, 0.1) is 5.92 Å². The molecule has 2 heterocycles. The van der Waals surface area contributed by atoms with Crippen LogP contribution in [-0.4, -0.2) is 39.0 Å². The third-order valence-electron chi connectivity index (χ3n) is 3.89. The number of amides is 1. The normalized spacial score (nSPS) is 27.7. The Morgan fingerprint density at radius 1 is 1.35 bits per heavy atom. The molecule has 1 amide bonds. The zero-order chi connectivity index (χ0) is 14.5. The molecule has 108 valence electrons. The summed E-state index contributed by atoms with van der Waals surface area (Å²) in [5, 5.41) is 0.405. The van der Waals surface area contributed by atoms with Crippen molar-refractivity contribution in [3.63, 3.8) is 0 Å². The summed E-state index contributed by atoms with van der Waals surface area (Å²) in [5.41, 5.74) is 0.630. The molecule has 2 aliphatic heterocycles. The number of hydrogen-bond acceptors (Lipinski definition) is 4. The van der Waals surface area contributed by atoms with E-state index < -0.39 is 9.84 Å². The zero-order valence-corrected chi connectivity index (χ0v) is 12.4. The molecule has 2 aliphatic rings. The molecule has 0 radical (unpaired) electrons. The molecule has 0 aromatic heterocycles. The van der Waals surface area contributed by atoms with E-state index >= 15 is 0 Å². The summed E-state index contributed by atoms with van der Waals surface area (Å²) in [6.07, 6.45) is 0.285. The van der Waals surface area contributed by atoms with E-state index in [1.165, 1.54) is 7.11 Å². The minimum atomic E-state index is -3.04. The maximum atomic E-state index is 12.1. The van der Waals surface area contributed by atoms with E-state index in [-0.39, 0.29) is 35.8 Å². The van der Waals surface area contributed by atoms with Crippen molar-refractivity contribution in [2.45, 2.75) is 12.5 Å². The molecule has 0 saturated carbocycles. The number of nitrogens with zero attached hydrogens (tertiary/aromatic N) is 1. The number of methoxy groups -OCH3 is 1. The molecule has 5 nitrogen and oxygen atoms in total. The number of halogens is 1. The molecule has 0 unspecified atom stereocenters. The predicted molar refractivity (Wildman–Crippen MR) is 76.0 cm³/mol. The molecule has 0 aliphatic carbocycles. The Balaban J connectivity index is 1.97. The first kappa shape index (κ1) is 13.7. The summed E-state index contributed by atoms with van der Waals surface area (Å²) in [5.74, 6) is 0.513. The second-order valence-corrected chi connectivity index (χ2v) is 7.75. The topological polar surface area (TPSA) is 63.7 Å². The Labute approximate surface area is 122 Å². The van der Waals surface area contributed by atoms with Gasteiger partial charge in [-0.2, -0.15) is 0 Å². The Morgan fingerprint density at radius 2 is 2.10 bits per heavy atom. The van der Waals surface area contributed by atoms with Gasteiger partial charge in [-0.05, 0) is 18.2 Å². The molecular formula is C13H14ClNO4S. The summed E-state index contributed by atoms with van der Waals surface area (Å²) in [6, 6.07) is 4.79. The zero-order valence-electron chi connectivity index (χ0n) is 10.9. The lowest BCUT2D eigenvalue weighted by molar-refractivity contribution is -0.117. The quantitative estimate of drug-likeness (QED) is 0.829. The summed E-state index contributed by atoms with van der Waals surface area (Å²) in [4.78, 5) is 13.7. The van der Waals surface area contributed by atoms with Crippen molar-refractivity contribution in [3.05, 3.63) is 23.2 Å². The molecule has 2 fully saturated rings. The molecule has 0 spiro atoms. The number of sulfone groups is 1. The van der Waals surface area contributed by atoms with Crippen LogP contribution in [0.15, 0.2) is 18.2 Å². The van der Waals surface area contributed by atoms with Crippen LogP contribution in [0.4, 0.5) is 5.69 Å². The van der Waals surface area contributed by atoms with E-state index in [9.17, 15) is 13.2 Å². The minimum absolute atomic E-state index is 0.0348. The molecule has 0 bridgehead atoms. The van der Waals surface area contributed by atoms with Gasteiger partial charge in [0.25, 0.3) is 0 Å². The van der Waals surface area contributed by atoms with Crippen molar-refractivity contribution in [2.24, 2.45) is 5.92 Å². The molecule has 7 heteroatoms. The monoisotopic (exact) mass is 315 g/mol. The number of hydrogen-bond donors (Lipinski definition) is 0. The highest BCUT2D eigenvalue weighted by molar-refractivity contribution is 7.91. The van der Waals surface area contributed by atoms with Gasteiger partial charge in [-0.15, -0.1) is 0 Å². The fourth-order valence-corrected chi connectivity index (χ4v) is 5.35.